The number of hydrogen-bond acceptors (Lipinski definition) is 5. The van der Waals surface area contributed by atoms with Crippen molar-refractivity contribution in [3.63, 3.8) is 0 Å². The van der Waals surface area contributed by atoms with Gasteiger partial charge in [0.15, 0.2) is 0 Å². The van der Waals surface area contributed by atoms with E-state index in [2.05, 4.69) is 52.5 Å². The van der Waals surface area contributed by atoms with Crippen molar-refractivity contribution in [1.82, 2.24) is 0 Å². The van der Waals surface area contributed by atoms with Crippen LogP contribution in [-0.4, -0.2) is 53.5 Å². The molecule has 0 saturated carbocycles. The molecule has 0 saturated heterocycles. The Balaban J connectivity index is 4.30. The number of aliphatic hydroxyl groups is 5. The Morgan fingerprint density at radius 1 is 0.467 bits per heavy atom. The minimum atomic E-state index is -0.809. The smallest absolute Gasteiger partial charge is 0.0800 e. The maximum absolute atomic E-state index is 10.9. The molecule has 0 aromatic carbocycles. The van der Waals surface area contributed by atoms with Crippen LogP contribution in [0.1, 0.15) is 178 Å². The lowest BCUT2D eigenvalue weighted by Crippen LogP contribution is -2.30. The highest BCUT2D eigenvalue weighted by Crippen LogP contribution is 2.30. The van der Waals surface area contributed by atoms with Crippen molar-refractivity contribution in [2.75, 3.05) is 0 Å². The second kappa shape index (κ2) is 20.9. The van der Waals surface area contributed by atoms with E-state index in [-0.39, 0.29) is 0 Å². The Hall–Kier alpha value is -1.24. The Kier molecular flexibility index (Phi) is 20.3. The third kappa shape index (κ3) is 25.5. The van der Waals surface area contributed by atoms with Crippen molar-refractivity contribution in [3.8, 4) is 0 Å². The van der Waals surface area contributed by atoms with Gasteiger partial charge in [-0.3, -0.25) is 0 Å². The van der Waals surface area contributed by atoms with Crippen LogP contribution in [0.4, 0.5) is 0 Å². The van der Waals surface area contributed by atoms with Gasteiger partial charge < -0.3 is 25.5 Å². The SMILES string of the molecule is C=CC(C)(O)CC/C=C(\C)CC/C=C(\C)CCCC(C)(O)CCCC(C)(O)CCCC(C)(O)CCCC(C)(O)CCC=C(C)C. The van der Waals surface area contributed by atoms with Gasteiger partial charge in [0.2, 0.25) is 0 Å². The molecule has 0 radical (unpaired) electrons. The van der Waals surface area contributed by atoms with Gasteiger partial charge >= 0.3 is 0 Å². The average Bonchev–Trinajstić information content (AvgIpc) is 2.87. The molecular weight excluding hydrogens is 560 g/mol. The Morgan fingerprint density at radius 2 is 0.822 bits per heavy atom. The molecule has 5 heteroatoms. The molecule has 0 heterocycles. The molecule has 0 fully saturated rings. The molecule has 5 nitrogen and oxygen atoms in total. The summed E-state index contributed by atoms with van der Waals surface area (Å²) in [6, 6.07) is 0. The summed E-state index contributed by atoms with van der Waals surface area (Å²) < 4.78 is 0. The van der Waals surface area contributed by atoms with E-state index in [1.807, 2.05) is 27.7 Å². The number of allylic oxidation sites excluding steroid dienone is 6. The third-order valence-corrected chi connectivity index (χ3v) is 9.43. The molecule has 264 valence electrons. The lowest BCUT2D eigenvalue weighted by molar-refractivity contribution is -0.00312. The molecule has 5 unspecified atom stereocenters. The molecule has 0 amide bonds. The lowest BCUT2D eigenvalue weighted by atomic mass is 9.84. The average molecular weight is 635 g/mol. The van der Waals surface area contributed by atoms with Crippen LogP contribution < -0.4 is 0 Å². The molecule has 5 atom stereocenters. The predicted molar refractivity (Wildman–Crippen MR) is 193 cm³/mol. The summed E-state index contributed by atoms with van der Waals surface area (Å²) in [5.41, 5.74) is 0.111. The highest BCUT2D eigenvalue weighted by atomic mass is 16.3. The van der Waals surface area contributed by atoms with E-state index in [4.69, 9.17) is 0 Å². The molecule has 0 aromatic heterocycles. The van der Waals surface area contributed by atoms with Crippen molar-refractivity contribution in [3.05, 3.63) is 47.6 Å². The van der Waals surface area contributed by atoms with Gasteiger partial charge in [-0.1, -0.05) is 41.0 Å². The van der Waals surface area contributed by atoms with E-state index >= 15 is 0 Å². The van der Waals surface area contributed by atoms with Crippen LogP contribution in [0.5, 0.6) is 0 Å². The number of hydrogen-bond donors (Lipinski definition) is 5. The zero-order valence-corrected chi connectivity index (χ0v) is 31.0. The highest BCUT2D eigenvalue weighted by Gasteiger charge is 2.27. The summed E-state index contributed by atoms with van der Waals surface area (Å²) in [7, 11) is 0. The third-order valence-electron chi connectivity index (χ3n) is 9.43. The van der Waals surface area contributed by atoms with Crippen molar-refractivity contribution in [1.29, 1.82) is 0 Å². The van der Waals surface area contributed by atoms with E-state index in [1.54, 1.807) is 13.0 Å². The van der Waals surface area contributed by atoms with Crippen LogP contribution in [0, 0.1) is 0 Å². The van der Waals surface area contributed by atoms with Gasteiger partial charge in [0.05, 0.1) is 28.0 Å². The summed E-state index contributed by atoms with van der Waals surface area (Å²) in [5.74, 6) is 0. The second-order valence-electron chi connectivity index (χ2n) is 16.0. The maximum Gasteiger partial charge on any atom is 0.0800 e. The molecule has 0 aliphatic rings. The van der Waals surface area contributed by atoms with E-state index in [0.29, 0.717) is 44.9 Å². The largest absolute Gasteiger partial charge is 0.390 e. The monoisotopic (exact) mass is 635 g/mol. The maximum atomic E-state index is 10.9. The summed E-state index contributed by atoms with van der Waals surface area (Å²) in [5, 5.41) is 53.4. The first kappa shape index (κ1) is 43.8. The fourth-order valence-corrected chi connectivity index (χ4v) is 5.93. The molecule has 0 spiro atoms. The van der Waals surface area contributed by atoms with Crippen LogP contribution >= 0.6 is 0 Å². The minimum absolute atomic E-state index is 0.625. The first-order valence-electron chi connectivity index (χ1n) is 17.8. The van der Waals surface area contributed by atoms with E-state index in [1.165, 1.54) is 16.7 Å². The fourth-order valence-electron chi connectivity index (χ4n) is 5.93. The zero-order chi connectivity index (χ0) is 34.8. The second-order valence-corrected chi connectivity index (χ2v) is 16.0. The van der Waals surface area contributed by atoms with E-state index < -0.39 is 28.0 Å². The van der Waals surface area contributed by atoms with Crippen LogP contribution in [0.3, 0.4) is 0 Å². The van der Waals surface area contributed by atoms with Crippen molar-refractivity contribution >= 4 is 0 Å². The molecule has 0 aliphatic heterocycles. The van der Waals surface area contributed by atoms with Gasteiger partial charge in [0.25, 0.3) is 0 Å². The standard InChI is InChI=1S/C40H74O5/c1-11-36(6,41)24-14-22-34(4)20-12-21-35(5)23-15-26-38(8,43)28-17-30-40(10,45)32-18-31-39(9,44)29-16-27-37(7,42)25-13-19-33(2)3/h11,19,21-22,41-45H,1,12-18,20,23-32H2,2-10H3/b34-22+,35-21+. The van der Waals surface area contributed by atoms with Gasteiger partial charge in [0, 0.05) is 0 Å². The minimum Gasteiger partial charge on any atom is -0.390 e. The summed E-state index contributed by atoms with van der Waals surface area (Å²) >= 11 is 0. The summed E-state index contributed by atoms with van der Waals surface area (Å²) in [6.07, 6.45) is 22.3. The molecule has 0 rings (SSSR count). The summed E-state index contributed by atoms with van der Waals surface area (Å²) in [6.45, 7) is 21.5. The summed E-state index contributed by atoms with van der Waals surface area (Å²) in [4.78, 5) is 0. The Labute approximate surface area is 278 Å². The van der Waals surface area contributed by atoms with E-state index in [0.717, 1.165) is 70.6 Å². The normalized spacial score (nSPS) is 19.5. The van der Waals surface area contributed by atoms with Crippen LogP contribution in [-0.2, 0) is 0 Å². The predicted octanol–water partition coefficient (Wildman–Crippen LogP) is 9.81. The van der Waals surface area contributed by atoms with Gasteiger partial charge in [0.1, 0.15) is 0 Å². The van der Waals surface area contributed by atoms with Crippen LogP contribution in [0.25, 0.3) is 0 Å². The van der Waals surface area contributed by atoms with Gasteiger partial charge in [-0.15, -0.1) is 6.58 Å². The van der Waals surface area contributed by atoms with Crippen molar-refractivity contribution in [2.24, 2.45) is 0 Å². The molecule has 5 N–H and O–H groups in total. The quantitative estimate of drug-likeness (QED) is 0.0610. The first-order chi connectivity index (χ1) is 20.6. The van der Waals surface area contributed by atoms with Crippen LogP contribution in [0.15, 0.2) is 47.6 Å². The van der Waals surface area contributed by atoms with Gasteiger partial charge in [-0.05, 0) is 178 Å². The molecule has 0 aromatic rings. The lowest BCUT2D eigenvalue weighted by Gasteiger charge is -2.30. The Bertz CT molecular complexity index is 913. The van der Waals surface area contributed by atoms with E-state index in [9.17, 15) is 25.5 Å². The Morgan fingerprint density at radius 3 is 1.24 bits per heavy atom. The van der Waals surface area contributed by atoms with Gasteiger partial charge in [-0.2, -0.15) is 0 Å². The highest BCUT2D eigenvalue weighted by molar-refractivity contribution is 5.05. The van der Waals surface area contributed by atoms with Crippen molar-refractivity contribution in [2.45, 2.75) is 206 Å². The van der Waals surface area contributed by atoms with Crippen LogP contribution in [0.2, 0.25) is 0 Å². The topological polar surface area (TPSA) is 101 Å². The number of rotatable bonds is 26. The zero-order valence-electron chi connectivity index (χ0n) is 31.0. The van der Waals surface area contributed by atoms with Crippen molar-refractivity contribution < 1.29 is 25.5 Å². The molecule has 0 bridgehead atoms. The molecule has 45 heavy (non-hydrogen) atoms. The molecule has 0 aliphatic carbocycles. The first-order valence-corrected chi connectivity index (χ1v) is 17.8. The molecular formula is C40H74O5. The fraction of sp³-hybridized carbons (Fsp3) is 0.800. The van der Waals surface area contributed by atoms with Gasteiger partial charge in [-0.25, -0.2) is 0 Å².